The fourth-order valence-corrected chi connectivity index (χ4v) is 0.793. The number of unbranched alkanes of at least 4 members (excludes halogenated alkanes) is 2. The second-order valence-electron chi connectivity index (χ2n) is 3.62. The summed E-state index contributed by atoms with van der Waals surface area (Å²) in [6, 6.07) is 0. The largest absolute Gasteiger partial charge is 0.471 e. The van der Waals surface area contributed by atoms with Gasteiger partial charge in [-0.2, -0.15) is 0 Å². The van der Waals surface area contributed by atoms with E-state index in [-0.39, 0.29) is 0 Å². The second-order valence-corrected chi connectivity index (χ2v) is 3.62. The highest BCUT2D eigenvalue weighted by atomic mass is 16.7. The van der Waals surface area contributed by atoms with Crippen LogP contribution in [0.1, 0.15) is 40.0 Å². The molecule has 0 amide bonds. The van der Waals surface area contributed by atoms with Crippen molar-refractivity contribution in [2.75, 3.05) is 7.11 Å². The molecule has 0 aromatic heterocycles. The number of hydrogen-bond acceptors (Lipinski definition) is 2. The third kappa shape index (κ3) is 7.87. The molecule has 0 heterocycles. The number of rotatable bonds is 7. The molecule has 0 N–H and O–H groups in total. The summed E-state index contributed by atoms with van der Waals surface area (Å²) >= 11 is 0. The third-order valence-corrected chi connectivity index (χ3v) is 1.89. The van der Waals surface area contributed by atoms with Gasteiger partial charge in [-0.1, -0.05) is 31.9 Å². The molecule has 0 bridgehead atoms. The molecular weight excluding hydrogens is 176 g/mol. The monoisotopic (exact) mass is 198 g/mol. The maximum absolute atomic E-state index is 5.33. The molecule has 0 unspecified atom stereocenters. The minimum absolute atomic E-state index is 0.534. The van der Waals surface area contributed by atoms with Crippen molar-refractivity contribution in [3.63, 3.8) is 0 Å². The van der Waals surface area contributed by atoms with E-state index in [9.17, 15) is 0 Å². The van der Waals surface area contributed by atoms with Crippen molar-refractivity contribution in [1.82, 2.24) is 0 Å². The van der Waals surface area contributed by atoms with E-state index >= 15 is 0 Å². The lowest BCUT2D eigenvalue weighted by atomic mass is 10.2. The van der Waals surface area contributed by atoms with Crippen molar-refractivity contribution in [2.24, 2.45) is 0 Å². The summed E-state index contributed by atoms with van der Waals surface area (Å²) < 4.78 is 10.4. The van der Waals surface area contributed by atoms with Gasteiger partial charge in [0.1, 0.15) is 0 Å². The van der Waals surface area contributed by atoms with Gasteiger partial charge in [-0.3, -0.25) is 0 Å². The van der Waals surface area contributed by atoms with E-state index < -0.39 is 5.79 Å². The summed E-state index contributed by atoms with van der Waals surface area (Å²) in [5, 5.41) is 0. The van der Waals surface area contributed by atoms with E-state index in [0.717, 1.165) is 6.42 Å². The highest BCUT2D eigenvalue weighted by Crippen LogP contribution is 2.09. The Hall–Kier alpha value is -0.760. The van der Waals surface area contributed by atoms with Crippen LogP contribution in [-0.4, -0.2) is 12.9 Å². The average molecular weight is 198 g/mol. The molecule has 0 radical (unpaired) electrons. The Morgan fingerprint density at radius 1 is 1.21 bits per heavy atom. The van der Waals surface area contributed by atoms with E-state index in [1.54, 1.807) is 13.4 Å². The molecule has 0 aliphatic rings. The molecule has 2 nitrogen and oxygen atoms in total. The van der Waals surface area contributed by atoms with Crippen molar-refractivity contribution in [3.05, 3.63) is 24.5 Å². The lowest BCUT2D eigenvalue weighted by Gasteiger charge is -2.21. The number of hydrogen-bond donors (Lipinski definition) is 0. The molecule has 0 aliphatic carbocycles. The Kier molecular flexibility index (Phi) is 7.21. The van der Waals surface area contributed by atoms with Gasteiger partial charge in [0.2, 0.25) is 5.79 Å². The average Bonchev–Trinajstić information content (AvgIpc) is 2.16. The van der Waals surface area contributed by atoms with Crippen LogP contribution in [0.5, 0.6) is 0 Å². The quantitative estimate of drug-likeness (QED) is 0.269. The first-order valence-corrected chi connectivity index (χ1v) is 5.17. The number of allylic oxidation sites excluding steroid dienone is 3. The van der Waals surface area contributed by atoms with Crippen LogP contribution < -0.4 is 0 Å². The maximum Gasteiger partial charge on any atom is 0.203 e. The molecule has 0 saturated carbocycles. The molecule has 0 atom stereocenters. The lowest BCUT2D eigenvalue weighted by molar-refractivity contribution is -0.161. The number of methoxy groups -OCH3 is 1. The molecule has 2 heteroatoms. The molecule has 0 aromatic carbocycles. The first-order valence-electron chi connectivity index (χ1n) is 5.17. The van der Waals surface area contributed by atoms with Crippen molar-refractivity contribution in [3.8, 4) is 0 Å². The Morgan fingerprint density at radius 3 is 2.50 bits per heavy atom. The highest BCUT2D eigenvalue weighted by molar-refractivity contribution is 4.99. The molecule has 14 heavy (non-hydrogen) atoms. The lowest BCUT2D eigenvalue weighted by Crippen LogP contribution is -2.23. The molecule has 0 rings (SSSR count). The van der Waals surface area contributed by atoms with Crippen LogP contribution in [0, 0.1) is 0 Å². The van der Waals surface area contributed by atoms with E-state index in [2.05, 4.69) is 13.0 Å². The summed E-state index contributed by atoms with van der Waals surface area (Å²) in [6.07, 6.45) is 11.3. The van der Waals surface area contributed by atoms with Crippen LogP contribution >= 0.6 is 0 Å². The van der Waals surface area contributed by atoms with Gasteiger partial charge in [0, 0.05) is 21.0 Å². The van der Waals surface area contributed by atoms with Gasteiger partial charge < -0.3 is 9.47 Å². The van der Waals surface area contributed by atoms with E-state index in [0.29, 0.717) is 0 Å². The van der Waals surface area contributed by atoms with E-state index in [4.69, 9.17) is 9.47 Å². The second kappa shape index (κ2) is 7.63. The van der Waals surface area contributed by atoms with Crippen molar-refractivity contribution in [2.45, 2.75) is 45.8 Å². The normalized spacial score (nSPS) is 12.9. The van der Waals surface area contributed by atoms with Crippen LogP contribution in [0.2, 0.25) is 0 Å². The maximum atomic E-state index is 5.33. The van der Waals surface area contributed by atoms with Crippen LogP contribution in [0.4, 0.5) is 0 Å². The van der Waals surface area contributed by atoms with Gasteiger partial charge in [0.15, 0.2) is 0 Å². The fraction of sp³-hybridized carbons (Fsp3) is 0.667. The molecule has 0 aliphatic heterocycles. The van der Waals surface area contributed by atoms with Gasteiger partial charge in [-0.15, -0.1) is 0 Å². The van der Waals surface area contributed by atoms with Gasteiger partial charge in [-0.05, 0) is 12.5 Å². The van der Waals surface area contributed by atoms with Crippen LogP contribution in [-0.2, 0) is 9.47 Å². The Bertz CT molecular complexity index is 181. The minimum Gasteiger partial charge on any atom is -0.471 e. The minimum atomic E-state index is -0.534. The third-order valence-electron chi connectivity index (χ3n) is 1.89. The zero-order valence-electron chi connectivity index (χ0n) is 9.75. The molecule has 82 valence electrons. The smallest absolute Gasteiger partial charge is 0.203 e. The first-order chi connectivity index (χ1) is 6.62. The Morgan fingerprint density at radius 2 is 1.93 bits per heavy atom. The van der Waals surface area contributed by atoms with Crippen LogP contribution in [0.3, 0.4) is 0 Å². The van der Waals surface area contributed by atoms with Gasteiger partial charge >= 0.3 is 0 Å². The summed E-state index contributed by atoms with van der Waals surface area (Å²) in [7, 11) is 1.63. The number of ether oxygens (including phenoxy) is 2. The predicted molar refractivity (Wildman–Crippen MR) is 60.0 cm³/mol. The molecule has 0 saturated heterocycles. The highest BCUT2D eigenvalue weighted by Gasteiger charge is 2.14. The summed E-state index contributed by atoms with van der Waals surface area (Å²) in [5.74, 6) is -0.534. The predicted octanol–water partition coefficient (Wildman–Crippen LogP) is 3.65. The SMILES string of the molecule is CCCC/C=C/C=C/OC(C)(C)OC. The fourth-order valence-electron chi connectivity index (χ4n) is 0.793. The van der Waals surface area contributed by atoms with Crippen LogP contribution in [0.15, 0.2) is 24.5 Å². The summed E-state index contributed by atoms with van der Waals surface area (Å²) in [4.78, 5) is 0. The first kappa shape index (κ1) is 13.2. The van der Waals surface area contributed by atoms with E-state index in [1.165, 1.54) is 12.8 Å². The van der Waals surface area contributed by atoms with Crippen molar-refractivity contribution in [1.29, 1.82) is 0 Å². The standard InChI is InChI=1S/C12H22O2/c1-5-6-7-8-9-10-11-14-12(2,3)13-4/h8-11H,5-7H2,1-4H3/b9-8+,11-10+. The van der Waals surface area contributed by atoms with E-state index in [1.807, 2.05) is 26.0 Å². The molecule has 0 fully saturated rings. The van der Waals surface area contributed by atoms with Crippen LogP contribution in [0.25, 0.3) is 0 Å². The summed E-state index contributed by atoms with van der Waals surface area (Å²) in [6.45, 7) is 5.93. The van der Waals surface area contributed by atoms with Gasteiger partial charge in [0.25, 0.3) is 0 Å². The molecule has 0 spiro atoms. The van der Waals surface area contributed by atoms with Crippen molar-refractivity contribution >= 4 is 0 Å². The van der Waals surface area contributed by atoms with Gasteiger partial charge in [-0.25, -0.2) is 0 Å². The molecular formula is C12H22O2. The topological polar surface area (TPSA) is 18.5 Å². The zero-order chi connectivity index (χ0) is 10.9. The Labute approximate surface area is 87.6 Å². The Balaban J connectivity index is 3.58. The molecule has 0 aromatic rings. The summed E-state index contributed by atoms with van der Waals surface area (Å²) in [5.41, 5.74) is 0. The zero-order valence-corrected chi connectivity index (χ0v) is 9.75. The van der Waals surface area contributed by atoms with Gasteiger partial charge in [0.05, 0.1) is 6.26 Å². The van der Waals surface area contributed by atoms with Crippen molar-refractivity contribution < 1.29 is 9.47 Å².